The summed E-state index contributed by atoms with van der Waals surface area (Å²) in [6, 6.07) is 12.6. The van der Waals surface area contributed by atoms with Crippen LogP contribution >= 0.6 is 7.82 Å². The van der Waals surface area contributed by atoms with E-state index in [2.05, 4.69) is 26.5 Å². The summed E-state index contributed by atoms with van der Waals surface area (Å²) in [6.07, 6.45) is 10.2. The maximum absolute atomic E-state index is 13.8. The van der Waals surface area contributed by atoms with E-state index in [-0.39, 0.29) is 36.4 Å². The van der Waals surface area contributed by atoms with Crippen LogP contribution in [0.5, 0.6) is 11.5 Å². The predicted octanol–water partition coefficient (Wildman–Crippen LogP) is 9.72. The second-order valence-electron chi connectivity index (χ2n) is 12.1. The molecule has 242 valence electrons. The Morgan fingerprint density at radius 1 is 1.05 bits per heavy atom. The standard InChI is InChI=1S/C36H51O7P/c1-6-8-9-10-11-15-19-33(43-44(39,40)41-25-28-17-13-12-14-18-28)36(38)42-34-24-29(16-7-2)23-32(37)35(34)31-22-27(5)20-21-30(31)26(3)4/h12-14,17-18,22-24,30-31,33,37H,3,6-11,15-16,19-21,25H2,1-2,4-5H3,(H,39,40)/t30-,31+,33?/m0/s1. The number of rotatable bonds is 18. The lowest BCUT2D eigenvalue weighted by atomic mass is 9.73. The maximum atomic E-state index is 13.8. The van der Waals surface area contributed by atoms with E-state index < -0.39 is 19.9 Å². The normalized spacial score (nSPS) is 18.7. The summed E-state index contributed by atoms with van der Waals surface area (Å²) in [6.45, 7) is 12.3. The van der Waals surface area contributed by atoms with E-state index in [1.807, 2.05) is 32.0 Å². The lowest BCUT2D eigenvalue weighted by Crippen LogP contribution is -2.29. The molecule has 0 spiro atoms. The number of benzene rings is 2. The van der Waals surface area contributed by atoms with Crippen molar-refractivity contribution in [1.29, 1.82) is 0 Å². The van der Waals surface area contributed by atoms with Crippen LogP contribution in [-0.4, -0.2) is 22.1 Å². The van der Waals surface area contributed by atoms with Gasteiger partial charge in [-0.25, -0.2) is 9.36 Å². The molecule has 0 bridgehead atoms. The van der Waals surface area contributed by atoms with Gasteiger partial charge in [-0.15, -0.1) is 0 Å². The molecule has 8 heteroatoms. The van der Waals surface area contributed by atoms with Crippen molar-refractivity contribution in [2.75, 3.05) is 0 Å². The van der Waals surface area contributed by atoms with E-state index in [0.717, 1.165) is 62.5 Å². The number of phosphoric ester groups is 1. The van der Waals surface area contributed by atoms with E-state index in [9.17, 15) is 19.4 Å². The van der Waals surface area contributed by atoms with Crippen molar-refractivity contribution in [1.82, 2.24) is 0 Å². The number of carbonyl (C=O) groups excluding carboxylic acids is 1. The van der Waals surface area contributed by atoms with Gasteiger partial charge in [-0.3, -0.25) is 9.05 Å². The number of phenols is 1. The first kappa shape index (κ1) is 35.8. The summed E-state index contributed by atoms with van der Waals surface area (Å²) >= 11 is 0. The van der Waals surface area contributed by atoms with Crippen LogP contribution in [0.15, 0.2) is 66.3 Å². The van der Waals surface area contributed by atoms with E-state index in [1.165, 1.54) is 5.57 Å². The topological polar surface area (TPSA) is 102 Å². The van der Waals surface area contributed by atoms with Crippen molar-refractivity contribution in [3.8, 4) is 11.5 Å². The van der Waals surface area contributed by atoms with Gasteiger partial charge in [-0.2, -0.15) is 0 Å². The van der Waals surface area contributed by atoms with Crippen LogP contribution in [0.4, 0.5) is 0 Å². The second kappa shape index (κ2) is 17.7. The lowest BCUT2D eigenvalue weighted by molar-refractivity contribution is -0.143. The summed E-state index contributed by atoms with van der Waals surface area (Å²) in [5.41, 5.74) is 4.26. The van der Waals surface area contributed by atoms with E-state index in [4.69, 9.17) is 13.8 Å². The number of hydrogen-bond donors (Lipinski definition) is 2. The molecular formula is C36H51O7P. The highest BCUT2D eigenvalue weighted by molar-refractivity contribution is 7.47. The van der Waals surface area contributed by atoms with Crippen LogP contribution in [-0.2, 0) is 31.4 Å². The van der Waals surface area contributed by atoms with Gasteiger partial charge in [0.15, 0.2) is 6.10 Å². The quantitative estimate of drug-likeness (QED) is 0.0558. The molecule has 1 aliphatic carbocycles. The zero-order valence-corrected chi connectivity index (χ0v) is 27.8. The van der Waals surface area contributed by atoms with Crippen molar-refractivity contribution in [3.63, 3.8) is 0 Å². The monoisotopic (exact) mass is 626 g/mol. The third-order valence-electron chi connectivity index (χ3n) is 8.22. The Balaban J connectivity index is 1.90. The van der Waals surface area contributed by atoms with Crippen molar-refractivity contribution in [2.24, 2.45) is 5.92 Å². The number of allylic oxidation sites excluding steroid dienone is 3. The molecular weight excluding hydrogens is 575 g/mol. The molecule has 0 aromatic heterocycles. The summed E-state index contributed by atoms with van der Waals surface area (Å²) in [5, 5.41) is 11.3. The van der Waals surface area contributed by atoms with Crippen molar-refractivity contribution in [2.45, 2.75) is 117 Å². The smallest absolute Gasteiger partial charge is 0.473 e. The molecule has 0 heterocycles. The first-order valence-corrected chi connectivity index (χ1v) is 17.6. The number of aromatic hydroxyl groups is 1. The van der Waals surface area contributed by atoms with E-state index in [1.54, 1.807) is 24.3 Å². The van der Waals surface area contributed by atoms with Gasteiger partial charge >= 0.3 is 13.8 Å². The number of aryl methyl sites for hydroxylation is 1. The molecule has 0 radical (unpaired) electrons. The minimum Gasteiger partial charge on any atom is -0.507 e. The maximum Gasteiger partial charge on any atom is 0.473 e. The summed E-state index contributed by atoms with van der Waals surface area (Å²) < 4.78 is 29.8. The second-order valence-corrected chi connectivity index (χ2v) is 13.5. The van der Waals surface area contributed by atoms with Gasteiger partial charge in [-0.1, -0.05) is 113 Å². The molecule has 44 heavy (non-hydrogen) atoms. The molecule has 0 aliphatic heterocycles. The summed E-state index contributed by atoms with van der Waals surface area (Å²) in [4.78, 5) is 24.4. The third kappa shape index (κ3) is 11.0. The molecule has 2 N–H and O–H groups in total. The molecule has 2 unspecified atom stereocenters. The Hall–Kier alpha value is -2.70. The van der Waals surface area contributed by atoms with Crippen LogP contribution in [0.1, 0.15) is 115 Å². The van der Waals surface area contributed by atoms with E-state index in [0.29, 0.717) is 24.0 Å². The van der Waals surface area contributed by atoms with Crippen molar-refractivity contribution < 1.29 is 33.1 Å². The minimum atomic E-state index is -4.61. The molecule has 0 fully saturated rings. The summed E-state index contributed by atoms with van der Waals surface area (Å²) in [5.74, 6) is -0.633. The van der Waals surface area contributed by atoms with Gasteiger partial charge in [-0.05, 0) is 68.7 Å². The number of phosphoric acid groups is 1. The lowest BCUT2D eigenvalue weighted by Gasteiger charge is -2.32. The zero-order valence-electron chi connectivity index (χ0n) is 26.9. The first-order chi connectivity index (χ1) is 21.0. The van der Waals surface area contributed by atoms with Crippen LogP contribution in [0.2, 0.25) is 0 Å². The zero-order chi connectivity index (χ0) is 32.1. The SMILES string of the molecule is C=C(C)[C@@H]1CCC(C)=C[C@H]1c1c(O)cc(CCC)cc1OC(=O)C(CCCCCCCC)OP(=O)(O)OCc1ccccc1. The van der Waals surface area contributed by atoms with Gasteiger partial charge in [0.05, 0.1) is 6.61 Å². The largest absolute Gasteiger partial charge is 0.507 e. The van der Waals surface area contributed by atoms with E-state index >= 15 is 0 Å². The average molecular weight is 627 g/mol. The highest BCUT2D eigenvalue weighted by atomic mass is 31.2. The Kier molecular flexibility index (Phi) is 14.4. The number of esters is 1. The number of ether oxygens (including phenoxy) is 1. The third-order valence-corrected chi connectivity index (χ3v) is 9.20. The number of hydrogen-bond acceptors (Lipinski definition) is 6. The van der Waals surface area contributed by atoms with Crippen LogP contribution in [0.3, 0.4) is 0 Å². The molecule has 0 amide bonds. The van der Waals surface area contributed by atoms with Gasteiger partial charge in [0.25, 0.3) is 0 Å². The Bertz CT molecular complexity index is 1300. The van der Waals surface area contributed by atoms with Crippen LogP contribution < -0.4 is 4.74 Å². The Morgan fingerprint density at radius 2 is 1.75 bits per heavy atom. The number of phenolic OH excluding ortho intramolecular Hbond substituents is 1. The Labute approximate surface area is 264 Å². The Morgan fingerprint density at radius 3 is 2.43 bits per heavy atom. The van der Waals surface area contributed by atoms with Gasteiger partial charge in [0, 0.05) is 11.5 Å². The molecule has 2 aromatic carbocycles. The molecule has 0 saturated carbocycles. The van der Waals surface area contributed by atoms with Gasteiger partial charge in [0.1, 0.15) is 11.5 Å². The number of unbranched alkanes of at least 4 members (excludes halogenated alkanes) is 5. The van der Waals surface area contributed by atoms with Crippen LogP contribution in [0.25, 0.3) is 0 Å². The number of carbonyl (C=O) groups is 1. The molecule has 7 nitrogen and oxygen atoms in total. The minimum absolute atomic E-state index is 0.0633. The van der Waals surface area contributed by atoms with Crippen molar-refractivity contribution in [3.05, 3.63) is 83.0 Å². The van der Waals surface area contributed by atoms with Crippen LogP contribution in [0, 0.1) is 5.92 Å². The molecule has 0 saturated heterocycles. The predicted molar refractivity (Wildman–Crippen MR) is 176 cm³/mol. The fourth-order valence-electron chi connectivity index (χ4n) is 5.85. The molecule has 4 atom stereocenters. The highest BCUT2D eigenvalue weighted by Crippen LogP contribution is 2.48. The fraction of sp³-hybridized carbons (Fsp3) is 0.528. The van der Waals surface area contributed by atoms with Gasteiger partial charge in [0.2, 0.25) is 0 Å². The fourth-order valence-corrected chi connectivity index (χ4v) is 6.73. The molecule has 3 rings (SSSR count). The summed E-state index contributed by atoms with van der Waals surface area (Å²) in [7, 11) is -4.61. The highest BCUT2D eigenvalue weighted by Gasteiger charge is 2.35. The molecule has 2 aromatic rings. The van der Waals surface area contributed by atoms with Crippen molar-refractivity contribution >= 4 is 13.8 Å². The van der Waals surface area contributed by atoms with Gasteiger partial charge < -0.3 is 14.7 Å². The average Bonchev–Trinajstić information content (AvgIpc) is 2.97. The first-order valence-electron chi connectivity index (χ1n) is 16.1. The molecule has 1 aliphatic rings.